The van der Waals surface area contributed by atoms with E-state index in [9.17, 15) is 4.79 Å². The fraction of sp³-hybridized carbons (Fsp3) is 0.467. The zero-order valence-electron chi connectivity index (χ0n) is 11.7. The van der Waals surface area contributed by atoms with Crippen molar-refractivity contribution in [3.63, 3.8) is 0 Å². The van der Waals surface area contributed by atoms with E-state index in [0.29, 0.717) is 12.3 Å². The molecule has 1 rings (SSSR count). The van der Waals surface area contributed by atoms with Crippen LogP contribution >= 0.6 is 0 Å². The molecule has 3 nitrogen and oxygen atoms in total. The zero-order chi connectivity index (χ0) is 13.5. The standard InChI is InChI=1S/C15H22N2O/c1-5-14(13-8-6-12(4)7-9-13)16-17-15(18)10-11(2)3/h6-9,11H,5,10H2,1-4H3,(H,17,18). The molecule has 0 unspecified atom stereocenters. The molecule has 1 amide bonds. The van der Waals surface area contributed by atoms with E-state index >= 15 is 0 Å². The second-order valence-corrected chi connectivity index (χ2v) is 4.91. The third-order valence-electron chi connectivity index (χ3n) is 2.63. The first-order chi connectivity index (χ1) is 8.52. The predicted molar refractivity (Wildman–Crippen MR) is 75.6 cm³/mol. The van der Waals surface area contributed by atoms with Crippen molar-refractivity contribution in [3.8, 4) is 0 Å². The summed E-state index contributed by atoms with van der Waals surface area (Å²) in [6.45, 7) is 8.12. The Labute approximate surface area is 109 Å². The topological polar surface area (TPSA) is 41.5 Å². The highest BCUT2D eigenvalue weighted by molar-refractivity contribution is 6.00. The van der Waals surface area contributed by atoms with Crippen molar-refractivity contribution in [2.75, 3.05) is 0 Å². The van der Waals surface area contributed by atoms with Crippen molar-refractivity contribution >= 4 is 11.6 Å². The molecule has 1 aromatic rings. The summed E-state index contributed by atoms with van der Waals surface area (Å²) in [5.41, 5.74) is 5.82. The van der Waals surface area contributed by atoms with Gasteiger partial charge < -0.3 is 0 Å². The number of rotatable bonds is 5. The minimum atomic E-state index is -0.0249. The van der Waals surface area contributed by atoms with Crippen LogP contribution in [-0.4, -0.2) is 11.6 Å². The number of hydrogen-bond acceptors (Lipinski definition) is 2. The lowest BCUT2D eigenvalue weighted by Gasteiger charge is -2.06. The number of benzene rings is 1. The number of aryl methyl sites for hydroxylation is 1. The number of carbonyl (C=O) groups excluding carboxylic acids is 1. The highest BCUT2D eigenvalue weighted by Gasteiger charge is 2.05. The Morgan fingerprint density at radius 1 is 1.28 bits per heavy atom. The molecule has 0 saturated carbocycles. The highest BCUT2D eigenvalue weighted by atomic mass is 16.2. The molecule has 0 bridgehead atoms. The molecule has 0 fully saturated rings. The van der Waals surface area contributed by atoms with Gasteiger partial charge in [0.2, 0.25) is 5.91 Å². The van der Waals surface area contributed by atoms with E-state index in [1.165, 1.54) is 5.56 Å². The Hall–Kier alpha value is -1.64. The minimum absolute atomic E-state index is 0.0249. The molecule has 1 aromatic carbocycles. The number of carbonyl (C=O) groups is 1. The zero-order valence-corrected chi connectivity index (χ0v) is 11.7. The summed E-state index contributed by atoms with van der Waals surface area (Å²) in [5, 5.41) is 4.21. The van der Waals surface area contributed by atoms with Crippen LogP contribution in [-0.2, 0) is 4.79 Å². The van der Waals surface area contributed by atoms with E-state index in [-0.39, 0.29) is 5.91 Å². The maximum Gasteiger partial charge on any atom is 0.240 e. The van der Waals surface area contributed by atoms with Crippen molar-refractivity contribution in [1.82, 2.24) is 5.43 Å². The molecule has 0 atom stereocenters. The fourth-order valence-corrected chi connectivity index (χ4v) is 1.64. The second kappa shape index (κ2) is 6.94. The molecule has 0 aliphatic heterocycles. The summed E-state index contributed by atoms with van der Waals surface area (Å²) in [5.74, 6) is 0.327. The SMILES string of the molecule is CCC(=NNC(=O)CC(C)C)c1ccc(C)cc1. The van der Waals surface area contributed by atoms with Crippen LogP contribution in [0.1, 0.15) is 44.7 Å². The van der Waals surface area contributed by atoms with Crippen molar-refractivity contribution in [1.29, 1.82) is 0 Å². The maximum absolute atomic E-state index is 11.5. The average molecular weight is 246 g/mol. The van der Waals surface area contributed by atoms with Gasteiger partial charge in [-0.05, 0) is 24.8 Å². The van der Waals surface area contributed by atoms with Crippen molar-refractivity contribution in [2.24, 2.45) is 11.0 Å². The third-order valence-corrected chi connectivity index (χ3v) is 2.63. The summed E-state index contributed by atoms with van der Waals surface area (Å²) in [7, 11) is 0. The fourth-order valence-electron chi connectivity index (χ4n) is 1.64. The monoisotopic (exact) mass is 246 g/mol. The quantitative estimate of drug-likeness (QED) is 0.628. The Bertz CT molecular complexity index is 419. The second-order valence-electron chi connectivity index (χ2n) is 4.91. The summed E-state index contributed by atoms with van der Waals surface area (Å²) in [4.78, 5) is 11.5. The number of hydrogen-bond donors (Lipinski definition) is 1. The van der Waals surface area contributed by atoms with E-state index in [0.717, 1.165) is 17.7 Å². The van der Waals surface area contributed by atoms with Crippen molar-refractivity contribution < 1.29 is 4.79 Å². The number of hydrazone groups is 1. The van der Waals surface area contributed by atoms with Gasteiger partial charge in [-0.2, -0.15) is 5.10 Å². The van der Waals surface area contributed by atoms with Gasteiger partial charge in [-0.25, -0.2) is 5.43 Å². The molecule has 0 aliphatic rings. The Balaban J connectivity index is 2.71. The van der Waals surface area contributed by atoms with Gasteiger partial charge in [-0.15, -0.1) is 0 Å². The molecular formula is C15H22N2O. The summed E-state index contributed by atoms with van der Waals surface area (Å²) in [6, 6.07) is 8.17. The number of amides is 1. The van der Waals surface area contributed by atoms with Gasteiger partial charge in [0, 0.05) is 6.42 Å². The van der Waals surface area contributed by atoms with Crippen LogP contribution in [0.2, 0.25) is 0 Å². The Kier molecular flexibility index (Phi) is 5.56. The maximum atomic E-state index is 11.5. The van der Waals surface area contributed by atoms with Crippen LogP contribution in [0.4, 0.5) is 0 Å². The summed E-state index contributed by atoms with van der Waals surface area (Å²) < 4.78 is 0. The number of nitrogens with zero attached hydrogens (tertiary/aromatic N) is 1. The first-order valence-electron chi connectivity index (χ1n) is 6.45. The van der Waals surface area contributed by atoms with E-state index in [1.54, 1.807) is 0 Å². The lowest BCUT2D eigenvalue weighted by atomic mass is 10.1. The molecule has 1 N–H and O–H groups in total. The molecule has 0 saturated heterocycles. The van der Waals surface area contributed by atoms with Gasteiger partial charge in [-0.3, -0.25) is 4.79 Å². The largest absolute Gasteiger partial charge is 0.273 e. The third kappa shape index (κ3) is 4.70. The lowest BCUT2D eigenvalue weighted by Crippen LogP contribution is -2.21. The van der Waals surface area contributed by atoms with Gasteiger partial charge in [-0.1, -0.05) is 50.6 Å². The molecule has 98 valence electrons. The van der Waals surface area contributed by atoms with E-state index < -0.39 is 0 Å². The molecule has 0 aliphatic carbocycles. The first-order valence-corrected chi connectivity index (χ1v) is 6.45. The van der Waals surface area contributed by atoms with Gasteiger partial charge >= 0.3 is 0 Å². The van der Waals surface area contributed by atoms with E-state index in [2.05, 4.69) is 29.6 Å². The molecule has 0 radical (unpaired) electrons. The lowest BCUT2D eigenvalue weighted by molar-refractivity contribution is -0.121. The Morgan fingerprint density at radius 3 is 2.39 bits per heavy atom. The van der Waals surface area contributed by atoms with Crippen LogP contribution in [0.5, 0.6) is 0 Å². The van der Waals surface area contributed by atoms with Gasteiger partial charge in [0.15, 0.2) is 0 Å². The normalized spacial score (nSPS) is 11.7. The van der Waals surface area contributed by atoms with Crippen LogP contribution < -0.4 is 5.43 Å². The van der Waals surface area contributed by atoms with Gasteiger partial charge in [0.05, 0.1) is 5.71 Å². The van der Waals surface area contributed by atoms with Crippen molar-refractivity contribution in [2.45, 2.75) is 40.5 Å². The molecule has 3 heteroatoms. The first kappa shape index (κ1) is 14.4. The molecular weight excluding hydrogens is 224 g/mol. The van der Waals surface area contributed by atoms with Gasteiger partial charge in [0.25, 0.3) is 0 Å². The molecule has 0 heterocycles. The highest BCUT2D eigenvalue weighted by Crippen LogP contribution is 2.07. The van der Waals surface area contributed by atoms with Crippen molar-refractivity contribution in [3.05, 3.63) is 35.4 Å². The van der Waals surface area contributed by atoms with Crippen LogP contribution in [0.25, 0.3) is 0 Å². The predicted octanol–water partition coefficient (Wildman–Crippen LogP) is 3.27. The van der Waals surface area contributed by atoms with Crippen LogP contribution in [0, 0.1) is 12.8 Å². The molecule has 0 spiro atoms. The molecule has 18 heavy (non-hydrogen) atoms. The van der Waals surface area contributed by atoms with Crippen LogP contribution in [0.3, 0.4) is 0 Å². The average Bonchev–Trinajstić information content (AvgIpc) is 2.31. The van der Waals surface area contributed by atoms with E-state index in [4.69, 9.17) is 0 Å². The molecule has 0 aromatic heterocycles. The number of nitrogens with one attached hydrogen (secondary N) is 1. The van der Waals surface area contributed by atoms with Gasteiger partial charge in [0.1, 0.15) is 0 Å². The summed E-state index contributed by atoms with van der Waals surface area (Å²) in [6.07, 6.45) is 1.30. The smallest absolute Gasteiger partial charge is 0.240 e. The summed E-state index contributed by atoms with van der Waals surface area (Å²) >= 11 is 0. The van der Waals surface area contributed by atoms with Crippen LogP contribution in [0.15, 0.2) is 29.4 Å². The van der Waals surface area contributed by atoms with E-state index in [1.807, 2.05) is 32.9 Å². The minimum Gasteiger partial charge on any atom is -0.273 e. The Morgan fingerprint density at radius 2 is 1.89 bits per heavy atom.